The van der Waals surface area contributed by atoms with E-state index >= 15 is 0 Å². The molecular weight excluding hydrogens is 236 g/mol. The fraction of sp³-hybridized carbons (Fsp3) is 1.00. The van der Waals surface area contributed by atoms with E-state index in [1.54, 1.807) is 0 Å². The van der Waals surface area contributed by atoms with E-state index in [9.17, 15) is 0 Å². The summed E-state index contributed by atoms with van der Waals surface area (Å²) in [5.74, 6) is 0. The van der Waals surface area contributed by atoms with E-state index in [-0.39, 0.29) is 0 Å². The Labute approximate surface area is 122 Å². The van der Waals surface area contributed by atoms with Crippen LogP contribution < -0.4 is 0 Å². The molecule has 0 spiro atoms. The highest BCUT2D eigenvalue weighted by Crippen LogP contribution is 1.85. The Balaban J connectivity index is 0. The molecule has 0 N–H and O–H groups in total. The number of rotatable bonds is 9. The van der Waals surface area contributed by atoms with E-state index in [1.807, 2.05) is 0 Å². The van der Waals surface area contributed by atoms with Crippen LogP contribution in [0.5, 0.6) is 0 Å². The summed E-state index contributed by atoms with van der Waals surface area (Å²) in [6, 6.07) is 0. The summed E-state index contributed by atoms with van der Waals surface area (Å²) in [5, 5.41) is 0. The van der Waals surface area contributed by atoms with E-state index in [4.69, 9.17) is 0 Å². The van der Waals surface area contributed by atoms with E-state index in [2.05, 4.69) is 75.6 Å². The zero-order valence-electron chi connectivity index (χ0n) is 14.7. The smallest absolute Gasteiger partial charge is 0.0107 e. The monoisotopic (exact) mass is 274 g/mol. The SMILES string of the molecule is CCN(CC)CC.CN(C)CCN(C)CCN(C)C. The fourth-order valence-corrected chi connectivity index (χ4v) is 1.52. The highest BCUT2D eigenvalue weighted by molar-refractivity contribution is 4.55. The van der Waals surface area contributed by atoms with E-state index in [0.29, 0.717) is 0 Å². The Morgan fingerprint density at radius 2 is 0.842 bits per heavy atom. The lowest BCUT2D eigenvalue weighted by atomic mass is 10.4. The predicted molar refractivity (Wildman–Crippen MR) is 88.1 cm³/mol. The Morgan fingerprint density at radius 3 is 1.00 bits per heavy atom. The molecule has 0 rings (SSSR count). The van der Waals surface area contributed by atoms with Crippen LogP contribution in [0.1, 0.15) is 20.8 Å². The van der Waals surface area contributed by atoms with Crippen LogP contribution in [-0.4, -0.2) is 101 Å². The molecular formula is C15H38N4. The number of hydrogen-bond acceptors (Lipinski definition) is 4. The summed E-state index contributed by atoms with van der Waals surface area (Å²) >= 11 is 0. The first kappa shape index (κ1) is 21.1. The lowest BCUT2D eigenvalue weighted by Crippen LogP contribution is -2.33. The molecule has 0 aromatic rings. The zero-order valence-corrected chi connectivity index (χ0v) is 14.7. The molecule has 4 nitrogen and oxygen atoms in total. The van der Waals surface area contributed by atoms with Gasteiger partial charge in [0.05, 0.1) is 0 Å². The van der Waals surface area contributed by atoms with E-state index in [0.717, 1.165) is 26.2 Å². The van der Waals surface area contributed by atoms with Gasteiger partial charge in [0.15, 0.2) is 0 Å². The third-order valence-corrected chi connectivity index (χ3v) is 3.20. The first-order valence-corrected chi connectivity index (χ1v) is 7.57. The molecule has 0 bridgehead atoms. The van der Waals surface area contributed by atoms with Crippen molar-refractivity contribution in [1.29, 1.82) is 0 Å². The van der Waals surface area contributed by atoms with Gasteiger partial charge in [-0.25, -0.2) is 0 Å². The van der Waals surface area contributed by atoms with Gasteiger partial charge in [0.25, 0.3) is 0 Å². The van der Waals surface area contributed by atoms with Gasteiger partial charge in [-0.2, -0.15) is 0 Å². The van der Waals surface area contributed by atoms with Crippen LogP contribution in [0.3, 0.4) is 0 Å². The van der Waals surface area contributed by atoms with Gasteiger partial charge in [0, 0.05) is 26.2 Å². The highest BCUT2D eigenvalue weighted by atomic mass is 15.2. The Hall–Kier alpha value is -0.160. The average molecular weight is 274 g/mol. The first-order valence-electron chi connectivity index (χ1n) is 7.57. The van der Waals surface area contributed by atoms with Crippen LogP contribution in [0.15, 0.2) is 0 Å². The molecule has 0 radical (unpaired) electrons. The normalized spacial score (nSPS) is 11.4. The maximum Gasteiger partial charge on any atom is 0.0107 e. The van der Waals surface area contributed by atoms with Gasteiger partial charge in [-0.15, -0.1) is 0 Å². The maximum absolute atomic E-state index is 2.38. The fourth-order valence-electron chi connectivity index (χ4n) is 1.52. The Morgan fingerprint density at radius 1 is 0.526 bits per heavy atom. The quantitative estimate of drug-likeness (QED) is 0.630. The van der Waals surface area contributed by atoms with Gasteiger partial charge in [-0.3, -0.25) is 0 Å². The van der Waals surface area contributed by atoms with Crippen LogP contribution in [-0.2, 0) is 0 Å². The first-order chi connectivity index (χ1) is 8.87. The molecule has 0 aliphatic carbocycles. The van der Waals surface area contributed by atoms with E-state index in [1.165, 1.54) is 19.6 Å². The van der Waals surface area contributed by atoms with Crippen molar-refractivity contribution in [3.05, 3.63) is 0 Å². The van der Waals surface area contributed by atoms with Gasteiger partial charge in [0.2, 0.25) is 0 Å². The molecule has 0 aromatic carbocycles. The number of likely N-dealkylation sites (N-methyl/N-ethyl adjacent to an activating group) is 3. The van der Waals surface area contributed by atoms with Crippen LogP contribution >= 0.6 is 0 Å². The molecule has 0 amide bonds. The average Bonchev–Trinajstić information content (AvgIpc) is 2.36. The molecule has 4 heteroatoms. The van der Waals surface area contributed by atoms with Crippen molar-refractivity contribution in [3.8, 4) is 0 Å². The topological polar surface area (TPSA) is 13.0 Å². The van der Waals surface area contributed by atoms with Crippen molar-refractivity contribution in [2.45, 2.75) is 20.8 Å². The Kier molecular flexibility index (Phi) is 15.9. The molecule has 0 aliphatic heterocycles. The summed E-state index contributed by atoms with van der Waals surface area (Å²) in [4.78, 5) is 9.16. The molecule has 0 aliphatic rings. The summed E-state index contributed by atoms with van der Waals surface area (Å²) in [7, 11) is 10.6. The molecule has 0 atom stereocenters. The minimum absolute atomic E-state index is 1.14. The van der Waals surface area contributed by atoms with Gasteiger partial charge >= 0.3 is 0 Å². The molecule has 0 unspecified atom stereocenters. The highest BCUT2D eigenvalue weighted by Gasteiger charge is 1.99. The van der Waals surface area contributed by atoms with Gasteiger partial charge in [-0.05, 0) is 54.9 Å². The second-order valence-corrected chi connectivity index (χ2v) is 5.53. The molecule has 118 valence electrons. The lowest BCUT2D eigenvalue weighted by Gasteiger charge is -2.20. The molecule has 0 fully saturated rings. The van der Waals surface area contributed by atoms with Crippen molar-refractivity contribution in [3.63, 3.8) is 0 Å². The van der Waals surface area contributed by atoms with Crippen molar-refractivity contribution in [1.82, 2.24) is 19.6 Å². The molecule has 0 saturated carbocycles. The van der Waals surface area contributed by atoms with Crippen LogP contribution in [0.2, 0.25) is 0 Å². The van der Waals surface area contributed by atoms with Crippen LogP contribution in [0.25, 0.3) is 0 Å². The van der Waals surface area contributed by atoms with Crippen molar-refractivity contribution < 1.29 is 0 Å². The molecule has 0 aromatic heterocycles. The second kappa shape index (κ2) is 14.3. The summed E-state index contributed by atoms with van der Waals surface area (Å²) in [6.07, 6.45) is 0. The largest absolute Gasteiger partial charge is 0.308 e. The van der Waals surface area contributed by atoms with Gasteiger partial charge in [0.1, 0.15) is 0 Å². The minimum Gasteiger partial charge on any atom is -0.308 e. The summed E-state index contributed by atoms with van der Waals surface area (Å²) in [6.45, 7) is 14.7. The Bertz CT molecular complexity index is 150. The summed E-state index contributed by atoms with van der Waals surface area (Å²) in [5.41, 5.74) is 0. The van der Waals surface area contributed by atoms with Crippen molar-refractivity contribution >= 4 is 0 Å². The van der Waals surface area contributed by atoms with Crippen molar-refractivity contribution in [2.24, 2.45) is 0 Å². The van der Waals surface area contributed by atoms with Gasteiger partial charge in [-0.1, -0.05) is 20.8 Å². The van der Waals surface area contributed by atoms with Crippen LogP contribution in [0.4, 0.5) is 0 Å². The van der Waals surface area contributed by atoms with E-state index < -0.39 is 0 Å². The summed E-state index contributed by atoms with van der Waals surface area (Å²) < 4.78 is 0. The van der Waals surface area contributed by atoms with Crippen LogP contribution in [0, 0.1) is 0 Å². The lowest BCUT2D eigenvalue weighted by molar-refractivity contribution is 0.254. The number of hydrogen-bond donors (Lipinski definition) is 0. The minimum atomic E-state index is 1.14. The predicted octanol–water partition coefficient (Wildman–Crippen LogP) is 1.39. The standard InChI is InChI=1S/C9H23N3.C6H15N/c1-10(2)6-8-12(5)9-7-11(3)4;1-4-7(5-2)6-3/h6-9H2,1-5H3;4-6H2,1-3H3. The number of nitrogens with zero attached hydrogens (tertiary/aromatic N) is 4. The molecule has 0 heterocycles. The second-order valence-electron chi connectivity index (χ2n) is 5.53. The molecule has 19 heavy (non-hydrogen) atoms. The molecule has 0 saturated heterocycles. The third kappa shape index (κ3) is 17.8. The van der Waals surface area contributed by atoms with Gasteiger partial charge < -0.3 is 19.6 Å². The zero-order chi connectivity index (χ0) is 15.3. The third-order valence-electron chi connectivity index (χ3n) is 3.20. The maximum atomic E-state index is 2.38. The van der Waals surface area contributed by atoms with Crippen molar-refractivity contribution in [2.75, 3.05) is 81.1 Å².